The van der Waals surface area contributed by atoms with Gasteiger partial charge in [-0.3, -0.25) is 0 Å². The number of urea groups is 1. The van der Waals surface area contributed by atoms with E-state index in [4.69, 9.17) is 0 Å². The van der Waals surface area contributed by atoms with Gasteiger partial charge in [0.2, 0.25) is 0 Å². The van der Waals surface area contributed by atoms with Crippen LogP contribution < -0.4 is 16.0 Å². The lowest BCUT2D eigenvalue weighted by molar-refractivity contribution is 0.234. The lowest BCUT2D eigenvalue weighted by Crippen LogP contribution is -2.49. The molecular weight excluding hydrogens is 326 g/mol. The van der Waals surface area contributed by atoms with Crippen LogP contribution >= 0.6 is 0 Å². The molecule has 3 rings (SSSR count). The number of amides is 2. The Morgan fingerprint density at radius 2 is 2.04 bits per heavy atom. The molecular formula is C21H27N3O2. The van der Waals surface area contributed by atoms with Crippen molar-refractivity contribution in [2.75, 3.05) is 6.54 Å². The third-order valence-electron chi connectivity index (χ3n) is 4.90. The van der Waals surface area contributed by atoms with E-state index < -0.39 is 0 Å². The number of nitrogens with one attached hydrogen (secondary N) is 3. The summed E-state index contributed by atoms with van der Waals surface area (Å²) < 4.78 is 0. The van der Waals surface area contributed by atoms with Crippen molar-refractivity contribution in [1.29, 1.82) is 0 Å². The van der Waals surface area contributed by atoms with E-state index in [1.807, 2.05) is 24.3 Å². The van der Waals surface area contributed by atoms with Gasteiger partial charge in [0.25, 0.3) is 0 Å². The van der Waals surface area contributed by atoms with Crippen molar-refractivity contribution in [3.8, 4) is 5.75 Å². The van der Waals surface area contributed by atoms with Crippen molar-refractivity contribution in [2.24, 2.45) is 0 Å². The minimum atomic E-state index is -0.119. The summed E-state index contributed by atoms with van der Waals surface area (Å²) in [5, 5.41) is 19.0. The molecule has 2 aromatic carbocycles. The molecule has 0 radical (unpaired) electrons. The highest BCUT2D eigenvalue weighted by molar-refractivity contribution is 5.74. The zero-order valence-corrected chi connectivity index (χ0v) is 15.2. The number of benzene rings is 2. The normalized spacial score (nSPS) is 17.2. The van der Waals surface area contributed by atoms with E-state index in [1.54, 1.807) is 12.1 Å². The van der Waals surface area contributed by atoms with E-state index in [0.29, 0.717) is 18.8 Å². The summed E-state index contributed by atoms with van der Waals surface area (Å²) in [5.41, 5.74) is 3.58. The molecule has 0 saturated carbocycles. The smallest absolute Gasteiger partial charge is 0.315 e. The first kappa shape index (κ1) is 18.3. The molecule has 0 bridgehead atoms. The molecule has 1 unspecified atom stereocenters. The Morgan fingerprint density at radius 3 is 2.81 bits per heavy atom. The van der Waals surface area contributed by atoms with Crippen LogP contribution in [0.5, 0.6) is 5.75 Å². The number of hydrogen-bond acceptors (Lipinski definition) is 3. The molecule has 2 aromatic rings. The Bertz CT molecular complexity index is 733. The second-order valence-electron chi connectivity index (χ2n) is 6.88. The highest BCUT2D eigenvalue weighted by Gasteiger charge is 2.19. The number of phenols is 1. The fourth-order valence-electron chi connectivity index (χ4n) is 3.36. The van der Waals surface area contributed by atoms with Crippen LogP contribution in [0.15, 0.2) is 48.5 Å². The SMILES string of the molecule is CCC(Cc1ccccc1)NC(=O)NC[C@@H]1Cc2ccc(O)cc2CN1. The Kier molecular flexibility index (Phi) is 6.12. The van der Waals surface area contributed by atoms with Gasteiger partial charge in [-0.2, -0.15) is 0 Å². The van der Waals surface area contributed by atoms with Crippen LogP contribution in [0.25, 0.3) is 0 Å². The van der Waals surface area contributed by atoms with Crippen molar-refractivity contribution in [3.63, 3.8) is 0 Å². The van der Waals surface area contributed by atoms with Gasteiger partial charge >= 0.3 is 6.03 Å². The van der Waals surface area contributed by atoms with E-state index >= 15 is 0 Å². The zero-order chi connectivity index (χ0) is 18.4. The predicted molar refractivity (Wildman–Crippen MR) is 103 cm³/mol. The van der Waals surface area contributed by atoms with Gasteiger partial charge in [-0.05, 0) is 48.1 Å². The zero-order valence-electron chi connectivity index (χ0n) is 15.2. The molecule has 2 atom stereocenters. The van der Waals surface area contributed by atoms with Crippen LogP contribution in [-0.2, 0) is 19.4 Å². The number of phenolic OH excluding ortho intramolecular Hbond substituents is 1. The molecule has 1 heterocycles. The maximum Gasteiger partial charge on any atom is 0.315 e. The number of hydrogen-bond donors (Lipinski definition) is 4. The van der Waals surface area contributed by atoms with Gasteiger partial charge in [-0.25, -0.2) is 4.79 Å². The van der Waals surface area contributed by atoms with Crippen LogP contribution in [0.4, 0.5) is 4.79 Å². The highest BCUT2D eigenvalue weighted by Crippen LogP contribution is 2.21. The maximum atomic E-state index is 12.3. The molecule has 138 valence electrons. The summed E-state index contributed by atoms with van der Waals surface area (Å²) in [7, 11) is 0. The van der Waals surface area contributed by atoms with E-state index in [-0.39, 0.29) is 18.1 Å². The highest BCUT2D eigenvalue weighted by atomic mass is 16.3. The summed E-state index contributed by atoms with van der Waals surface area (Å²) in [6, 6.07) is 15.9. The van der Waals surface area contributed by atoms with Crippen molar-refractivity contribution >= 4 is 6.03 Å². The molecule has 1 aliphatic rings. The molecule has 4 N–H and O–H groups in total. The Labute approximate surface area is 154 Å². The monoisotopic (exact) mass is 353 g/mol. The summed E-state index contributed by atoms with van der Waals surface area (Å²) in [4.78, 5) is 12.3. The van der Waals surface area contributed by atoms with Crippen LogP contribution in [0.1, 0.15) is 30.0 Å². The molecule has 0 spiro atoms. The minimum Gasteiger partial charge on any atom is -0.508 e. The van der Waals surface area contributed by atoms with E-state index in [0.717, 1.165) is 24.8 Å². The molecule has 0 aliphatic carbocycles. The lowest BCUT2D eigenvalue weighted by atomic mass is 9.95. The van der Waals surface area contributed by atoms with Crippen molar-refractivity contribution in [3.05, 3.63) is 65.2 Å². The fourth-order valence-corrected chi connectivity index (χ4v) is 3.36. The van der Waals surface area contributed by atoms with Gasteiger partial charge in [-0.1, -0.05) is 43.3 Å². The first-order chi connectivity index (χ1) is 12.6. The first-order valence-corrected chi connectivity index (χ1v) is 9.26. The molecule has 0 fully saturated rings. The maximum absolute atomic E-state index is 12.3. The molecule has 5 nitrogen and oxygen atoms in total. The number of carbonyl (C=O) groups excluding carboxylic acids is 1. The second-order valence-corrected chi connectivity index (χ2v) is 6.88. The van der Waals surface area contributed by atoms with Gasteiger partial charge in [0.15, 0.2) is 0 Å². The number of aromatic hydroxyl groups is 1. The minimum absolute atomic E-state index is 0.119. The third kappa shape index (κ3) is 4.99. The van der Waals surface area contributed by atoms with E-state index in [1.165, 1.54) is 11.1 Å². The quantitative estimate of drug-likeness (QED) is 0.645. The first-order valence-electron chi connectivity index (χ1n) is 9.26. The number of rotatable bonds is 6. The van der Waals surface area contributed by atoms with Gasteiger partial charge < -0.3 is 21.1 Å². The molecule has 2 amide bonds. The summed E-state index contributed by atoms with van der Waals surface area (Å²) in [6.07, 6.45) is 2.57. The summed E-state index contributed by atoms with van der Waals surface area (Å²) in [6.45, 7) is 3.38. The second kappa shape index (κ2) is 8.72. The van der Waals surface area contributed by atoms with Crippen LogP contribution in [0, 0.1) is 0 Å². The van der Waals surface area contributed by atoms with Crippen molar-refractivity contribution in [2.45, 2.75) is 44.8 Å². The summed E-state index contributed by atoms with van der Waals surface area (Å²) >= 11 is 0. The van der Waals surface area contributed by atoms with Crippen molar-refractivity contribution in [1.82, 2.24) is 16.0 Å². The molecule has 26 heavy (non-hydrogen) atoms. The molecule has 0 saturated heterocycles. The largest absolute Gasteiger partial charge is 0.508 e. The standard InChI is InChI=1S/C21H27N3O2/c1-2-18(10-15-6-4-3-5-7-15)24-21(26)23-14-19-11-16-8-9-20(25)12-17(16)13-22-19/h3-9,12,18-19,22,25H,2,10-11,13-14H2,1H3,(H2,23,24,26)/t18?,19-/m0/s1. The Balaban J connectivity index is 1.45. The van der Waals surface area contributed by atoms with Gasteiger partial charge in [0.1, 0.15) is 5.75 Å². The Morgan fingerprint density at radius 1 is 1.23 bits per heavy atom. The van der Waals surface area contributed by atoms with E-state index in [2.05, 4.69) is 35.0 Å². The number of fused-ring (bicyclic) bond motifs is 1. The predicted octanol–water partition coefficient (Wildman–Crippen LogP) is 2.73. The lowest BCUT2D eigenvalue weighted by Gasteiger charge is -2.27. The average Bonchev–Trinajstić information content (AvgIpc) is 2.66. The summed E-state index contributed by atoms with van der Waals surface area (Å²) in [5.74, 6) is 0.297. The third-order valence-corrected chi connectivity index (χ3v) is 4.90. The van der Waals surface area contributed by atoms with Crippen LogP contribution in [-0.4, -0.2) is 29.8 Å². The van der Waals surface area contributed by atoms with Gasteiger partial charge in [0.05, 0.1) is 0 Å². The average molecular weight is 353 g/mol. The van der Waals surface area contributed by atoms with E-state index in [9.17, 15) is 9.90 Å². The van der Waals surface area contributed by atoms with Crippen LogP contribution in [0.2, 0.25) is 0 Å². The van der Waals surface area contributed by atoms with Gasteiger partial charge in [-0.15, -0.1) is 0 Å². The van der Waals surface area contributed by atoms with Crippen molar-refractivity contribution < 1.29 is 9.90 Å². The molecule has 0 aromatic heterocycles. The number of carbonyl (C=O) groups is 1. The Hall–Kier alpha value is -2.53. The van der Waals surface area contributed by atoms with Crippen LogP contribution in [0.3, 0.4) is 0 Å². The van der Waals surface area contributed by atoms with Gasteiger partial charge in [0, 0.05) is 25.2 Å². The molecule has 1 aliphatic heterocycles. The fraction of sp³-hybridized carbons (Fsp3) is 0.381. The molecule has 5 heteroatoms. The topological polar surface area (TPSA) is 73.4 Å².